The topological polar surface area (TPSA) is 86.8 Å². The van der Waals surface area contributed by atoms with Crippen LogP contribution < -0.4 is 9.62 Å². The number of likely N-dealkylation sites (N-methyl/N-ethyl adjacent to an activating group) is 1. The zero-order valence-electron chi connectivity index (χ0n) is 22.6. The third-order valence-electron chi connectivity index (χ3n) is 6.58. The summed E-state index contributed by atoms with van der Waals surface area (Å²) in [4.78, 5) is 28.7. The Labute approximate surface area is 254 Å². The van der Waals surface area contributed by atoms with Crippen LogP contribution in [0.4, 0.5) is 10.1 Å². The molecule has 1 N–H and O–H groups in total. The lowest BCUT2D eigenvalue weighted by molar-refractivity contribution is -0.139. The van der Waals surface area contributed by atoms with Crippen LogP contribution in [-0.2, 0) is 32.6 Å². The molecule has 0 saturated carbocycles. The van der Waals surface area contributed by atoms with Crippen molar-refractivity contribution in [2.75, 3.05) is 17.9 Å². The third kappa shape index (κ3) is 7.47. The molecular weight excluding hydrogens is 600 g/mol. The van der Waals surface area contributed by atoms with Crippen molar-refractivity contribution in [1.82, 2.24) is 10.2 Å². The first-order valence-electron chi connectivity index (χ1n) is 12.9. The highest BCUT2D eigenvalue weighted by molar-refractivity contribution is 7.92. The molecule has 1 unspecified atom stereocenters. The van der Waals surface area contributed by atoms with E-state index in [-0.39, 0.29) is 28.6 Å². The quantitative estimate of drug-likeness (QED) is 0.231. The maximum Gasteiger partial charge on any atom is 0.264 e. The number of carbonyl (C=O) groups excluding carboxylic acids is 2. The highest BCUT2D eigenvalue weighted by Crippen LogP contribution is 2.27. The minimum absolute atomic E-state index is 0.0507. The van der Waals surface area contributed by atoms with Gasteiger partial charge in [0.15, 0.2) is 0 Å². The molecule has 1 atom stereocenters. The van der Waals surface area contributed by atoms with Crippen molar-refractivity contribution < 1.29 is 22.4 Å². The number of sulfonamides is 1. The van der Waals surface area contributed by atoms with Crippen molar-refractivity contribution in [2.45, 2.75) is 23.9 Å². The molecular formula is C31H28Cl2FN3O4S. The molecule has 11 heteroatoms. The predicted molar refractivity (Wildman–Crippen MR) is 162 cm³/mol. The Bertz CT molecular complexity index is 1640. The van der Waals surface area contributed by atoms with Crippen molar-refractivity contribution in [3.8, 4) is 0 Å². The Balaban J connectivity index is 1.79. The predicted octanol–water partition coefficient (Wildman–Crippen LogP) is 5.71. The van der Waals surface area contributed by atoms with Crippen molar-refractivity contribution in [3.05, 3.63) is 130 Å². The maximum absolute atomic E-state index is 14.2. The number of nitrogens with zero attached hydrogens (tertiary/aromatic N) is 2. The number of benzene rings is 4. The van der Waals surface area contributed by atoms with E-state index >= 15 is 0 Å². The van der Waals surface area contributed by atoms with E-state index < -0.39 is 40.2 Å². The largest absolute Gasteiger partial charge is 0.357 e. The summed E-state index contributed by atoms with van der Waals surface area (Å²) in [7, 11) is -2.80. The van der Waals surface area contributed by atoms with Crippen LogP contribution in [0, 0.1) is 5.82 Å². The lowest BCUT2D eigenvalue weighted by Gasteiger charge is -2.33. The molecule has 4 aromatic carbocycles. The maximum atomic E-state index is 14.2. The molecule has 42 heavy (non-hydrogen) atoms. The number of nitrogens with one attached hydrogen (secondary N) is 1. The molecule has 0 aromatic heterocycles. The number of hydrogen-bond donors (Lipinski definition) is 1. The lowest BCUT2D eigenvalue weighted by atomic mass is 10.0. The number of amides is 2. The van der Waals surface area contributed by atoms with E-state index in [1.54, 1.807) is 36.4 Å². The average Bonchev–Trinajstić information content (AvgIpc) is 3.00. The summed E-state index contributed by atoms with van der Waals surface area (Å²) in [6.07, 6.45) is 0.162. The molecule has 7 nitrogen and oxygen atoms in total. The van der Waals surface area contributed by atoms with Crippen LogP contribution in [0.5, 0.6) is 0 Å². The summed E-state index contributed by atoms with van der Waals surface area (Å²) >= 11 is 12.4. The smallest absolute Gasteiger partial charge is 0.264 e. The van der Waals surface area contributed by atoms with Gasteiger partial charge in [-0.1, -0.05) is 77.8 Å². The summed E-state index contributed by atoms with van der Waals surface area (Å²) < 4.78 is 42.3. The van der Waals surface area contributed by atoms with Crippen LogP contribution >= 0.6 is 23.2 Å². The van der Waals surface area contributed by atoms with Crippen molar-refractivity contribution in [1.29, 1.82) is 0 Å². The minimum Gasteiger partial charge on any atom is -0.357 e. The second-order valence-electron chi connectivity index (χ2n) is 9.39. The van der Waals surface area contributed by atoms with Gasteiger partial charge in [0.05, 0.1) is 20.6 Å². The highest BCUT2D eigenvalue weighted by atomic mass is 35.5. The first-order chi connectivity index (χ1) is 20.1. The van der Waals surface area contributed by atoms with Crippen LogP contribution in [0.2, 0.25) is 10.0 Å². The molecule has 0 heterocycles. The van der Waals surface area contributed by atoms with Crippen LogP contribution in [-0.4, -0.2) is 44.8 Å². The Morgan fingerprint density at radius 3 is 2.05 bits per heavy atom. The molecule has 0 saturated heterocycles. The third-order valence-corrected chi connectivity index (χ3v) is 9.11. The van der Waals surface area contributed by atoms with E-state index in [0.717, 1.165) is 22.0 Å². The van der Waals surface area contributed by atoms with Gasteiger partial charge in [-0.05, 0) is 59.7 Å². The Kier molecular flexibility index (Phi) is 10.2. The molecule has 2 amide bonds. The standard InChI is InChI=1S/C31H28Cl2FN3O4S/c1-35-31(39)29(19-22-8-4-2-5-9-22)36(20-23-12-17-27(32)28(33)18-23)30(38)21-37(25-15-13-24(34)14-16-25)42(40,41)26-10-6-3-7-11-26/h2-18,29H,19-21H2,1H3,(H,35,39). The zero-order valence-corrected chi connectivity index (χ0v) is 24.9. The van der Waals surface area contributed by atoms with E-state index in [4.69, 9.17) is 23.2 Å². The number of anilines is 1. The van der Waals surface area contributed by atoms with Crippen LogP contribution in [0.15, 0.2) is 108 Å². The zero-order chi connectivity index (χ0) is 30.3. The Morgan fingerprint density at radius 2 is 1.45 bits per heavy atom. The molecule has 218 valence electrons. The van der Waals surface area contributed by atoms with Gasteiger partial charge < -0.3 is 10.2 Å². The molecule has 4 rings (SSSR count). The fourth-order valence-electron chi connectivity index (χ4n) is 4.41. The van der Waals surface area contributed by atoms with Gasteiger partial charge in [-0.2, -0.15) is 0 Å². The van der Waals surface area contributed by atoms with Gasteiger partial charge in [0, 0.05) is 20.0 Å². The van der Waals surface area contributed by atoms with Gasteiger partial charge in [-0.15, -0.1) is 0 Å². The van der Waals surface area contributed by atoms with E-state index in [2.05, 4.69) is 5.32 Å². The molecule has 0 spiro atoms. The fraction of sp³-hybridized carbons (Fsp3) is 0.161. The minimum atomic E-state index is -4.27. The second kappa shape index (κ2) is 13.8. The summed E-state index contributed by atoms with van der Waals surface area (Å²) in [5.74, 6) is -1.66. The fourth-order valence-corrected chi connectivity index (χ4v) is 6.17. The summed E-state index contributed by atoms with van der Waals surface area (Å²) in [5, 5.41) is 3.21. The van der Waals surface area contributed by atoms with E-state index in [1.165, 1.54) is 36.2 Å². The van der Waals surface area contributed by atoms with E-state index in [9.17, 15) is 22.4 Å². The number of rotatable bonds is 11. The highest BCUT2D eigenvalue weighted by Gasteiger charge is 2.34. The van der Waals surface area contributed by atoms with Gasteiger partial charge in [0.25, 0.3) is 10.0 Å². The van der Waals surface area contributed by atoms with Crippen LogP contribution in [0.3, 0.4) is 0 Å². The van der Waals surface area contributed by atoms with Crippen molar-refractivity contribution >= 4 is 50.7 Å². The molecule has 0 aliphatic heterocycles. The normalized spacial score (nSPS) is 11.9. The van der Waals surface area contributed by atoms with Crippen LogP contribution in [0.1, 0.15) is 11.1 Å². The summed E-state index contributed by atoms with van der Waals surface area (Å²) in [6, 6.07) is 25.4. The van der Waals surface area contributed by atoms with Crippen LogP contribution in [0.25, 0.3) is 0 Å². The average molecular weight is 629 g/mol. The molecule has 4 aromatic rings. The van der Waals surface area contributed by atoms with Gasteiger partial charge in [-0.25, -0.2) is 12.8 Å². The molecule has 0 aliphatic rings. The first kappa shape index (κ1) is 31.0. The molecule has 0 fully saturated rings. The van der Waals surface area contributed by atoms with Gasteiger partial charge in [0.2, 0.25) is 11.8 Å². The number of carbonyl (C=O) groups is 2. The monoisotopic (exact) mass is 627 g/mol. The lowest BCUT2D eigenvalue weighted by Crippen LogP contribution is -2.53. The number of hydrogen-bond acceptors (Lipinski definition) is 4. The SMILES string of the molecule is CNC(=O)C(Cc1ccccc1)N(Cc1ccc(Cl)c(Cl)c1)C(=O)CN(c1ccc(F)cc1)S(=O)(=O)c1ccccc1. The molecule has 0 radical (unpaired) electrons. The first-order valence-corrected chi connectivity index (χ1v) is 15.1. The van der Waals surface area contributed by atoms with E-state index in [0.29, 0.717) is 10.6 Å². The van der Waals surface area contributed by atoms with Gasteiger partial charge in [-0.3, -0.25) is 13.9 Å². The Morgan fingerprint density at radius 1 is 0.833 bits per heavy atom. The number of halogens is 3. The Hall–Kier alpha value is -3.92. The van der Waals surface area contributed by atoms with Crippen molar-refractivity contribution in [2.24, 2.45) is 0 Å². The molecule has 0 aliphatic carbocycles. The second-order valence-corrected chi connectivity index (χ2v) is 12.1. The summed E-state index contributed by atoms with van der Waals surface area (Å²) in [5.41, 5.74) is 1.46. The molecule has 0 bridgehead atoms. The van der Waals surface area contributed by atoms with Gasteiger partial charge in [0.1, 0.15) is 18.4 Å². The summed E-state index contributed by atoms with van der Waals surface area (Å²) in [6.45, 7) is -0.726. The van der Waals surface area contributed by atoms with Gasteiger partial charge >= 0.3 is 0 Å². The van der Waals surface area contributed by atoms with E-state index in [1.807, 2.05) is 30.3 Å². The van der Waals surface area contributed by atoms with Crippen molar-refractivity contribution in [3.63, 3.8) is 0 Å².